The van der Waals surface area contributed by atoms with Crippen molar-refractivity contribution in [1.82, 2.24) is 5.16 Å². The van der Waals surface area contributed by atoms with Gasteiger partial charge in [0.2, 0.25) is 0 Å². The number of ether oxygens (including phenoxy) is 1. The van der Waals surface area contributed by atoms with Crippen molar-refractivity contribution in [2.24, 2.45) is 0 Å². The molecule has 0 radical (unpaired) electrons. The predicted molar refractivity (Wildman–Crippen MR) is 86.5 cm³/mol. The first-order valence-corrected chi connectivity index (χ1v) is 8.38. The molecule has 2 aromatic rings. The van der Waals surface area contributed by atoms with Crippen molar-refractivity contribution in [2.45, 2.75) is 51.2 Å². The average molecular weight is 332 g/mol. The second-order valence-electron chi connectivity index (χ2n) is 6.46. The zero-order valence-electron chi connectivity index (χ0n) is 13.0. The number of Topliss-reactive ketones (excluding diaryl/α,β-unsaturated/α-hetero) is 1. The molecule has 23 heavy (non-hydrogen) atoms. The minimum atomic E-state index is 0.0321. The van der Waals surface area contributed by atoms with Crippen LogP contribution in [0.3, 0.4) is 0 Å². The maximum atomic E-state index is 11.1. The maximum absolute atomic E-state index is 11.1. The van der Waals surface area contributed by atoms with Crippen LogP contribution in [0.25, 0.3) is 11.3 Å². The van der Waals surface area contributed by atoms with Crippen LogP contribution in [0.1, 0.15) is 48.5 Å². The number of halogens is 1. The SMILES string of the molecule is Cc1cccc(Cl)c1-c1noc(C2CC2)c1COC1CC(=O)C1. The smallest absolute Gasteiger partial charge is 0.145 e. The molecule has 5 heteroatoms. The first-order valence-electron chi connectivity index (χ1n) is 8.00. The highest BCUT2D eigenvalue weighted by atomic mass is 35.5. The third kappa shape index (κ3) is 2.81. The normalized spacial score (nSPS) is 18.3. The summed E-state index contributed by atoms with van der Waals surface area (Å²) < 4.78 is 11.5. The monoisotopic (exact) mass is 331 g/mol. The Morgan fingerprint density at radius 3 is 2.78 bits per heavy atom. The maximum Gasteiger partial charge on any atom is 0.145 e. The molecule has 0 unspecified atom stereocenters. The minimum Gasteiger partial charge on any atom is -0.372 e. The van der Waals surface area contributed by atoms with E-state index in [9.17, 15) is 4.79 Å². The van der Waals surface area contributed by atoms with E-state index in [0.717, 1.165) is 41.0 Å². The highest BCUT2D eigenvalue weighted by Gasteiger charge is 2.34. The lowest BCUT2D eigenvalue weighted by molar-refractivity contribution is -0.135. The van der Waals surface area contributed by atoms with Crippen LogP contribution in [-0.4, -0.2) is 17.0 Å². The topological polar surface area (TPSA) is 52.3 Å². The van der Waals surface area contributed by atoms with Gasteiger partial charge in [0.05, 0.1) is 17.7 Å². The molecule has 1 heterocycles. The number of ketones is 1. The standard InChI is InChI=1S/C18H18ClNO3/c1-10-3-2-4-15(19)16(10)17-14(9-22-13-7-12(21)8-13)18(23-20-17)11-5-6-11/h2-4,11,13H,5-9H2,1H3. The summed E-state index contributed by atoms with van der Waals surface area (Å²) in [5.41, 5.74) is 3.74. The quantitative estimate of drug-likeness (QED) is 0.813. The number of aromatic nitrogens is 1. The molecule has 0 amide bonds. The number of rotatable bonds is 5. The molecule has 120 valence electrons. The van der Waals surface area contributed by atoms with Crippen LogP contribution >= 0.6 is 11.6 Å². The van der Waals surface area contributed by atoms with Gasteiger partial charge in [-0.2, -0.15) is 0 Å². The number of hydrogen-bond acceptors (Lipinski definition) is 4. The summed E-state index contributed by atoms with van der Waals surface area (Å²) in [6.45, 7) is 2.44. The fourth-order valence-corrected chi connectivity index (χ4v) is 3.33. The molecular formula is C18H18ClNO3. The van der Waals surface area contributed by atoms with Crippen molar-refractivity contribution in [3.05, 3.63) is 40.1 Å². The van der Waals surface area contributed by atoms with E-state index >= 15 is 0 Å². The van der Waals surface area contributed by atoms with Crippen LogP contribution in [0.4, 0.5) is 0 Å². The number of carbonyl (C=O) groups is 1. The zero-order valence-corrected chi connectivity index (χ0v) is 13.7. The zero-order chi connectivity index (χ0) is 16.0. The first kappa shape index (κ1) is 14.9. The van der Waals surface area contributed by atoms with Crippen molar-refractivity contribution in [3.8, 4) is 11.3 Å². The Morgan fingerprint density at radius 2 is 2.13 bits per heavy atom. The van der Waals surface area contributed by atoms with Crippen LogP contribution in [-0.2, 0) is 16.1 Å². The molecule has 4 rings (SSSR count). The molecule has 2 fully saturated rings. The van der Waals surface area contributed by atoms with Gasteiger partial charge >= 0.3 is 0 Å². The molecule has 2 aliphatic rings. The van der Waals surface area contributed by atoms with E-state index in [4.69, 9.17) is 20.9 Å². The summed E-state index contributed by atoms with van der Waals surface area (Å²) in [7, 11) is 0. The molecular weight excluding hydrogens is 314 g/mol. The molecule has 1 aromatic carbocycles. The molecule has 0 atom stereocenters. The Labute approximate surface area is 139 Å². The fourth-order valence-electron chi connectivity index (χ4n) is 3.02. The Bertz CT molecular complexity index is 735. The molecule has 4 nitrogen and oxygen atoms in total. The molecule has 2 saturated carbocycles. The Morgan fingerprint density at radius 1 is 1.35 bits per heavy atom. The molecule has 2 aliphatic carbocycles. The van der Waals surface area contributed by atoms with Crippen molar-refractivity contribution < 1.29 is 14.1 Å². The van der Waals surface area contributed by atoms with Gasteiger partial charge in [-0.25, -0.2) is 0 Å². The summed E-state index contributed by atoms with van der Waals surface area (Å²) >= 11 is 6.39. The first-order chi connectivity index (χ1) is 11.1. The molecule has 0 bridgehead atoms. The van der Waals surface area contributed by atoms with Gasteiger partial charge < -0.3 is 9.26 Å². The van der Waals surface area contributed by atoms with Crippen LogP contribution in [0.5, 0.6) is 0 Å². The van der Waals surface area contributed by atoms with Gasteiger partial charge in [-0.3, -0.25) is 4.79 Å². The van der Waals surface area contributed by atoms with Gasteiger partial charge in [0.25, 0.3) is 0 Å². The van der Waals surface area contributed by atoms with E-state index in [2.05, 4.69) is 5.16 Å². The number of carbonyl (C=O) groups excluding carboxylic acids is 1. The fraction of sp³-hybridized carbons (Fsp3) is 0.444. The van der Waals surface area contributed by atoms with Gasteiger partial charge in [0.1, 0.15) is 17.2 Å². The summed E-state index contributed by atoms with van der Waals surface area (Å²) in [4.78, 5) is 11.1. The van der Waals surface area contributed by atoms with E-state index in [0.29, 0.717) is 30.4 Å². The van der Waals surface area contributed by atoms with E-state index in [1.807, 2.05) is 25.1 Å². The van der Waals surface area contributed by atoms with Gasteiger partial charge in [-0.05, 0) is 31.4 Å². The van der Waals surface area contributed by atoms with Gasteiger partial charge in [0, 0.05) is 29.9 Å². The molecule has 0 aliphatic heterocycles. The summed E-state index contributed by atoms with van der Waals surface area (Å²) in [5.74, 6) is 1.63. The number of hydrogen-bond donors (Lipinski definition) is 0. The van der Waals surface area contributed by atoms with E-state index < -0.39 is 0 Å². The van der Waals surface area contributed by atoms with Crippen LogP contribution in [0.15, 0.2) is 22.7 Å². The Balaban J connectivity index is 1.67. The van der Waals surface area contributed by atoms with E-state index in [-0.39, 0.29) is 11.9 Å². The highest BCUT2D eigenvalue weighted by molar-refractivity contribution is 6.33. The average Bonchev–Trinajstić information content (AvgIpc) is 3.24. The Kier molecular flexibility index (Phi) is 3.74. The van der Waals surface area contributed by atoms with E-state index in [1.165, 1.54) is 0 Å². The lowest BCUT2D eigenvalue weighted by Crippen LogP contribution is -2.31. The predicted octanol–water partition coefficient (Wildman–Crippen LogP) is 4.43. The van der Waals surface area contributed by atoms with Gasteiger partial charge in [0.15, 0.2) is 0 Å². The largest absolute Gasteiger partial charge is 0.372 e. The second-order valence-corrected chi connectivity index (χ2v) is 6.87. The molecule has 0 spiro atoms. The van der Waals surface area contributed by atoms with Crippen LogP contribution in [0, 0.1) is 6.92 Å². The summed E-state index contributed by atoms with van der Waals surface area (Å²) in [6.07, 6.45) is 3.33. The minimum absolute atomic E-state index is 0.0321. The van der Waals surface area contributed by atoms with Crippen molar-refractivity contribution in [3.63, 3.8) is 0 Å². The van der Waals surface area contributed by atoms with Crippen molar-refractivity contribution in [2.75, 3.05) is 0 Å². The highest BCUT2D eigenvalue weighted by Crippen LogP contribution is 2.45. The lowest BCUT2D eigenvalue weighted by atomic mass is 9.94. The number of nitrogens with zero attached hydrogens (tertiary/aromatic N) is 1. The number of benzene rings is 1. The molecule has 1 aromatic heterocycles. The Hall–Kier alpha value is -1.65. The van der Waals surface area contributed by atoms with Gasteiger partial charge in [-0.1, -0.05) is 28.9 Å². The van der Waals surface area contributed by atoms with Crippen LogP contribution < -0.4 is 0 Å². The molecule has 0 saturated heterocycles. The van der Waals surface area contributed by atoms with Crippen LogP contribution in [0.2, 0.25) is 5.02 Å². The second kappa shape index (κ2) is 5.77. The summed E-state index contributed by atoms with van der Waals surface area (Å²) in [5, 5.41) is 4.97. The third-order valence-electron chi connectivity index (χ3n) is 4.60. The van der Waals surface area contributed by atoms with Gasteiger partial charge in [-0.15, -0.1) is 0 Å². The van der Waals surface area contributed by atoms with Crippen molar-refractivity contribution in [1.29, 1.82) is 0 Å². The molecule has 0 N–H and O–H groups in total. The van der Waals surface area contributed by atoms with Crippen molar-refractivity contribution >= 4 is 17.4 Å². The third-order valence-corrected chi connectivity index (χ3v) is 4.91. The summed E-state index contributed by atoms with van der Waals surface area (Å²) in [6, 6.07) is 5.81. The lowest BCUT2D eigenvalue weighted by Gasteiger charge is -2.24. The number of aryl methyl sites for hydroxylation is 1. The van der Waals surface area contributed by atoms with E-state index in [1.54, 1.807) is 0 Å².